The number of nitrogens with zero attached hydrogens (tertiary/aromatic N) is 3. The molecule has 0 amide bonds. The quantitative estimate of drug-likeness (QED) is 0.382. The number of methoxy groups -OCH3 is 1. The number of ether oxygens (including phenoxy) is 2. The van der Waals surface area contributed by atoms with Crippen LogP contribution in [0.15, 0.2) is 54.7 Å². The molecule has 0 saturated heterocycles. The second kappa shape index (κ2) is 10.0. The number of hydrogen-bond donors (Lipinski definition) is 1. The molecular weight excluding hydrogens is 412 g/mol. The summed E-state index contributed by atoms with van der Waals surface area (Å²) in [5.74, 6) is 1.46. The van der Waals surface area contributed by atoms with Crippen molar-refractivity contribution in [3.63, 3.8) is 0 Å². The zero-order valence-corrected chi connectivity index (χ0v) is 19.4. The molecule has 4 rings (SSSR count). The Labute approximate surface area is 194 Å². The molecule has 0 unspecified atom stereocenters. The first-order valence-corrected chi connectivity index (χ1v) is 10.8. The van der Waals surface area contributed by atoms with Crippen LogP contribution in [-0.2, 0) is 13.7 Å². The zero-order chi connectivity index (χ0) is 23.2. The molecule has 3 aromatic heterocycles. The summed E-state index contributed by atoms with van der Waals surface area (Å²) >= 11 is 0. The lowest BCUT2D eigenvalue weighted by Gasteiger charge is -2.09. The molecule has 1 aromatic carbocycles. The van der Waals surface area contributed by atoms with E-state index >= 15 is 0 Å². The highest BCUT2D eigenvalue weighted by molar-refractivity contribution is 5.74. The fraction of sp³-hybridized carbons (Fsp3) is 0.185. The van der Waals surface area contributed by atoms with Gasteiger partial charge in [-0.05, 0) is 80.1 Å². The molecule has 168 valence electrons. The molecule has 0 bridgehead atoms. The maximum Gasteiger partial charge on any atom is 0.130 e. The molecular formula is C27H28N4O2. The second-order valence-electron chi connectivity index (χ2n) is 7.84. The highest BCUT2D eigenvalue weighted by Gasteiger charge is 2.06. The normalized spacial score (nSPS) is 11.5. The fourth-order valence-corrected chi connectivity index (χ4v) is 3.61. The van der Waals surface area contributed by atoms with Crippen LogP contribution in [0.5, 0.6) is 11.5 Å². The van der Waals surface area contributed by atoms with E-state index in [1.165, 1.54) is 17.0 Å². The fourth-order valence-electron chi connectivity index (χ4n) is 3.61. The molecule has 0 spiro atoms. The van der Waals surface area contributed by atoms with E-state index in [0.29, 0.717) is 6.61 Å². The van der Waals surface area contributed by atoms with Crippen molar-refractivity contribution in [2.45, 2.75) is 20.5 Å². The Hall–Kier alpha value is -4.06. The van der Waals surface area contributed by atoms with Gasteiger partial charge in [-0.15, -0.1) is 0 Å². The van der Waals surface area contributed by atoms with Gasteiger partial charge in [0, 0.05) is 36.3 Å². The van der Waals surface area contributed by atoms with E-state index in [9.17, 15) is 0 Å². The van der Waals surface area contributed by atoms with E-state index < -0.39 is 0 Å². The molecule has 0 aliphatic rings. The SMILES string of the molecule is COc1cc(OCc2ccccn2)ccc1C=Cc1cc(C=Cc2c(C)cc(C)n2C)[nH]n1. The first-order valence-electron chi connectivity index (χ1n) is 10.8. The number of aryl methyl sites for hydroxylation is 2. The van der Waals surface area contributed by atoms with E-state index in [-0.39, 0.29) is 0 Å². The number of aromatic nitrogens is 4. The molecule has 0 saturated carbocycles. The number of aromatic amines is 1. The first-order chi connectivity index (χ1) is 16.0. The second-order valence-corrected chi connectivity index (χ2v) is 7.84. The Kier molecular flexibility index (Phi) is 6.74. The van der Waals surface area contributed by atoms with Crippen LogP contribution < -0.4 is 9.47 Å². The van der Waals surface area contributed by atoms with Crippen LogP contribution in [-0.4, -0.2) is 26.9 Å². The van der Waals surface area contributed by atoms with E-state index in [4.69, 9.17) is 9.47 Å². The van der Waals surface area contributed by atoms with Crippen molar-refractivity contribution in [3.8, 4) is 11.5 Å². The summed E-state index contributed by atoms with van der Waals surface area (Å²) in [6.07, 6.45) is 9.84. The monoisotopic (exact) mass is 440 g/mol. The van der Waals surface area contributed by atoms with Crippen LogP contribution in [0.4, 0.5) is 0 Å². The Morgan fingerprint density at radius 2 is 1.88 bits per heavy atom. The molecule has 0 fully saturated rings. The third-order valence-corrected chi connectivity index (χ3v) is 5.51. The van der Waals surface area contributed by atoms with Gasteiger partial charge in [-0.2, -0.15) is 5.10 Å². The van der Waals surface area contributed by atoms with Crippen molar-refractivity contribution in [2.75, 3.05) is 7.11 Å². The Morgan fingerprint density at radius 1 is 1.00 bits per heavy atom. The van der Waals surface area contributed by atoms with Crippen molar-refractivity contribution in [1.29, 1.82) is 0 Å². The van der Waals surface area contributed by atoms with E-state index in [0.717, 1.165) is 34.1 Å². The molecule has 1 N–H and O–H groups in total. The maximum atomic E-state index is 5.84. The summed E-state index contributed by atoms with van der Waals surface area (Å²) in [4.78, 5) is 4.28. The van der Waals surface area contributed by atoms with Gasteiger partial charge < -0.3 is 14.0 Å². The molecule has 3 heterocycles. The number of rotatable bonds is 8. The van der Waals surface area contributed by atoms with Crippen molar-refractivity contribution in [1.82, 2.24) is 19.7 Å². The number of nitrogens with one attached hydrogen (secondary N) is 1. The van der Waals surface area contributed by atoms with Crippen LogP contribution in [0, 0.1) is 13.8 Å². The topological polar surface area (TPSA) is 65.0 Å². The van der Waals surface area contributed by atoms with Crippen LogP contribution in [0.25, 0.3) is 24.3 Å². The summed E-state index contributed by atoms with van der Waals surface area (Å²) in [5.41, 5.74) is 7.28. The summed E-state index contributed by atoms with van der Waals surface area (Å²) in [6, 6.07) is 15.7. The van der Waals surface area contributed by atoms with Crippen LogP contribution in [0.2, 0.25) is 0 Å². The van der Waals surface area contributed by atoms with Gasteiger partial charge in [0.15, 0.2) is 0 Å². The molecule has 33 heavy (non-hydrogen) atoms. The molecule has 0 aliphatic carbocycles. The zero-order valence-electron chi connectivity index (χ0n) is 19.4. The van der Waals surface area contributed by atoms with Gasteiger partial charge in [0.25, 0.3) is 0 Å². The highest BCUT2D eigenvalue weighted by atomic mass is 16.5. The average molecular weight is 441 g/mol. The first kappa shape index (κ1) is 22.1. The predicted molar refractivity (Wildman–Crippen MR) is 133 cm³/mol. The van der Waals surface area contributed by atoms with Crippen molar-refractivity contribution in [3.05, 3.63) is 94.3 Å². The van der Waals surface area contributed by atoms with Gasteiger partial charge in [-0.25, -0.2) is 0 Å². The third kappa shape index (κ3) is 5.41. The molecule has 4 aromatic rings. The molecule has 0 radical (unpaired) electrons. The van der Waals surface area contributed by atoms with E-state index in [2.05, 4.69) is 52.8 Å². The van der Waals surface area contributed by atoms with E-state index in [1.54, 1.807) is 13.3 Å². The predicted octanol–water partition coefficient (Wildman–Crippen LogP) is 5.69. The lowest BCUT2D eigenvalue weighted by molar-refractivity contribution is 0.299. The highest BCUT2D eigenvalue weighted by Crippen LogP contribution is 2.27. The largest absolute Gasteiger partial charge is 0.496 e. The van der Waals surface area contributed by atoms with Crippen LogP contribution >= 0.6 is 0 Å². The number of benzene rings is 1. The van der Waals surface area contributed by atoms with E-state index in [1.807, 2.05) is 60.7 Å². The minimum atomic E-state index is 0.407. The summed E-state index contributed by atoms with van der Waals surface area (Å²) < 4.78 is 13.6. The van der Waals surface area contributed by atoms with Gasteiger partial charge in [0.05, 0.1) is 24.2 Å². The maximum absolute atomic E-state index is 5.84. The van der Waals surface area contributed by atoms with Gasteiger partial charge in [-0.1, -0.05) is 6.07 Å². The molecule has 0 aliphatic heterocycles. The van der Waals surface area contributed by atoms with Gasteiger partial charge in [-0.3, -0.25) is 10.1 Å². The Morgan fingerprint density at radius 3 is 2.61 bits per heavy atom. The number of H-pyrrole nitrogens is 1. The summed E-state index contributed by atoms with van der Waals surface area (Å²) in [6.45, 7) is 4.64. The number of pyridine rings is 1. The Bertz CT molecular complexity index is 1280. The van der Waals surface area contributed by atoms with Gasteiger partial charge in [0.1, 0.15) is 18.1 Å². The standard InChI is InChI=1S/C27H28N4O2/c1-19-15-20(2)31(3)26(19)13-11-23-16-22(29-30-23)10-8-21-9-12-25(17-27(21)32-4)33-18-24-7-5-6-14-28-24/h5-17H,18H2,1-4H3,(H,29,30). The summed E-state index contributed by atoms with van der Waals surface area (Å²) in [5, 5.41) is 7.46. The van der Waals surface area contributed by atoms with Crippen molar-refractivity contribution >= 4 is 24.3 Å². The molecule has 0 atom stereocenters. The number of hydrogen-bond acceptors (Lipinski definition) is 4. The lowest BCUT2D eigenvalue weighted by atomic mass is 10.1. The van der Waals surface area contributed by atoms with Gasteiger partial charge >= 0.3 is 0 Å². The minimum absolute atomic E-state index is 0.407. The van der Waals surface area contributed by atoms with Crippen molar-refractivity contribution < 1.29 is 9.47 Å². The molecule has 6 nitrogen and oxygen atoms in total. The Balaban J connectivity index is 1.43. The van der Waals surface area contributed by atoms with Crippen LogP contribution in [0.3, 0.4) is 0 Å². The summed E-state index contributed by atoms with van der Waals surface area (Å²) in [7, 11) is 3.73. The van der Waals surface area contributed by atoms with Crippen LogP contribution in [0.1, 0.15) is 39.6 Å². The molecule has 6 heteroatoms. The third-order valence-electron chi connectivity index (χ3n) is 5.51. The minimum Gasteiger partial charge on any atom is -0.496 e. The lowest BCUT2D eigenvalue weighted by Crippen LogP contribution is -1.98. The van der Waals surface area contributed by atoms with Crippen molar-refractivity contribution in [2.24, 2.45) is 7.05 Å². The smallest absolute Gasteiger partial charge is 0.130 e. The van der Waals surface area contributed by atoms with Gasteiger partial charge in [0.2, 0.25) is 0 Å². The average Bonchev–Trinajstić information content (AvgIpc) is 3.39.